The van der Waals surface area contributed by atoms with Gasteiger partial charge in [0.2, 0.25) is 5.91 Å². The lowest BCUT2D eigenvalue weighted by Crippen LogP contribution is -2.75. The van der Waals surface area contributed by atoms with E-state index in [0.717, 1.165) is 0 Å². The molecule has 3 saturated heterocycles. The smallest absolute Gasteiger partial charge is 0.220 e. The van der Waals surface area contributed by atoms with Crippen LogP contribution in [-0.4, -0.2) is 65.1 Å². The highest BCUT2D eigenvalue weighted by Gasteiger charge is 2.68. The Hall–Kier alpha value is -0.586. The van der Waals surface area contributed by atoms with Gasteiger partial charge in [0.05, 0.1) is 12.6 Å². The number of hydrogen-bond donors (Lipinski definition) is 1. The second-order valence-corrected chi connectivity index (χ2v) is 21.8. The highest BCUT2D eigenvalue weighted by atomic mass is 28.4. The minimum atomic E-state index is -2.41. The summed E-state index contributed by atoms with van der Waals surface area (Å²) in [6, 6.07) is -0.635. The van der Waals surface area contributed by atoms with Crippen LogP contribution >= 0.6 is 0 Å². The molecule has 0 aromatic carbocycles. The SMILES string of the molecule is CC(C)(C)[Si](C)(C)OC1C2OCC(O2)C2(O[Si](C)(C)C(C)(C)C)C(=O)CCC(=O)NC12. The zero-order valence-corrected chi connectivity index (χ0v) is 22.9. The first-order valence-electron chi connectivity index (χ1n) is 11.4. The van der Waals surface area contributed by atoms with Crippen molar-refractivity contribution in [2.24, 2.45) is 0 Å². The second-order valence-electron chi connectivity index (χ2n) is 12.3. The summed E-state index contributed by atoms with van der Waals surface area (Å²) in [5.41, 5.74) is -1.30. The summed E-state index contributed by atoms with van der Waals surface area (Å²) in [6.45, 7) is 21.8. The number of amides is 1. The third kappa shape index (κ3) is 4.22. The second kappa shape index (κ2) is 7.73. The minimum absolute atomic E-state index is 0.0514. The van der Waals surface area contributed by atoms with Gasteiger partial charge in [-0.3, -0.25) is 9.59 Å². The highest BCUT2D eigenvalue weighted by Crippen LogP contribution is 2.49. The molecule has 0 radical (unpaired) electrons. The number of Topliss-reactive ketones (excluding diaryl/α,β-unsaturated/α-hetero) is 1. The maximum atomic E-state index is 13.7. The van der Waals surface area contributed by atoms with Crippen LogP contribution in [-0.2, 0) is 27.9 Å². The quantitative estimate of drug-likeness (QED) is 0.629. The van der Waals surface area contributed by atoms with Gasteiger partial charge >= 0.3 is 0 Å². The summed E-state index contributed by atoms with van der Waals surface area (Å²) in [4.78, 5) is 26.4. The normalized spacial score (nSPS) is 34.9. The van der Waals surface area contributed by atoms with Crippen molar-refractivity contribution in [2.45, 2.75) is 121 Å². The zero-order chi connectivity index (χ0) is 23.6. The molecule has 1 N–H and O–H groups in total. The van der Waals surface area contributed by atoms with Gasteiger partial charge in [-0.2, -0.15) is 0 Å². The third-order valence-corrected chi connectivity index (χ3v) is 17.0. The predicted molar refractivity (Wildman–Crippen MR) is 124 cm³/mol. The fourth-order valence-corrected chi connectivity index (χ4v) is 6.84. The topological polar surface area (TPSA) is 83.1 Å². The van der Waals surface area contributed by atoms with Crippen LogP contribution in [0.4, 0.5) is 0 Å². The molecule has 0 aromatic heterocycles. The fraction of sp³-hybridized carbons (Fsp3) is 0.909. The average Bonchev–Trinajstić information content (AvgIpc) is 3.00. The molecule has 0 aliphatic carbocycles. The van der Waals surface area contributed by atoms with E-state index in [1.165, 1.54) is 0 Å². The van der Waals surface area contributed by atoms with Crippen molar-refractivity contribution >= 4 is 28.3 Å². The average molecular weight is 472 g/mol. The molecule has 5 atom stereocenters. The molecular weight excluding hydrogens is 430 g/mol. The summed E-state index contributed by atoms with van der Waals surface area (Å²) < 4.78 is 26.0. The molecule has 178 valence electrons. The summed E-state index contributed by atoms with van der Waals surface area (Å²) >= 11 is 0. The molecule has 9 heteroatoms. The van der Waals surface area contributed by atoms with Crippen molar-refractivity contribution in [3.63, 3.8) is 0 Å². The first kappa shape index (κ1) is 25.0. The first-order chi connectivity index (χ1) is 13.9. The van der Waals surface area contributed by atoms with Crippen molar-refractivity contribution in [1.29, 1.82) is 0 Å². The van der Waals surface area contributed by atoms with Crippen LogP contribution in [0.15, 0.2) is 0 Å². The van der Waals surface area contributed by atoms with Gasteiger partial charge in [0.25, 0.3) is 0 Å². The lowest BCUT2D eigenvalue weighted by molar-refractivity contribution is -0.217. The first-order valence-corrected chi connectivity index (χ1v) is 17.2. The molecule has 1 amide bonds. The predicted octanol–water partition coefficient (Wildman–Crippen LogP) is 3.74. The van der Waals surface area contributed by atoms with E-state index in [4.69, 9.17) is 18.3 Å². The van der Waals surface area contributed by atoms with E-state index < -0.39 is 46.8 Å². The van der Waals surface area contributed by atoms with Crippen LogP contribution in [0.2, 0.25) is 36.3 Å². The Balaban J connectivity index is 2.12. The summed E-state index contributed by atoms with van der Waals surface area (Å²) in [6.07, 6.45) is -1.49. The van der Waals surface area contributed by atoms with Gasteiger partial charge in [-0.05, 0) is 36.3 Å². The van der Waals surface area contributed by atoms with Crippen molar-refractivity contribution in [2.75, 3.05) is 6.61 Å². The zero-order valence-electron chi connectivity index (χ0n) is 20.9. The molecule has 7 nitrogen and oxygen atoms in total. The van der Waals surface area contributed by atoms with E-state index in [1.54, 1.807) is 0 Å². The Bertz CT molecular complexity index is 741. The Morgan fingerprint density at radius 1 is 0.968 bits per heavy atom. The van der Waals surface area contributed by atoms with Crippen LogP contribution in [0.25, 0.3) is 0 Å². The standard InChI is InChI=1S/C22H41NO6Si2/c1-20(2,3)30(7,8)28-17-18-22(15-13-26-19(17)27-15,14(24)11-12-16(25)23-18)29-31(9,10)21(4,5)6/h15,17-19H,11-13H2,1-10H3,(H,23,25). The fourth-order valence-electron chi connectivity index (χ4n) is 4.03. The van der Waals surface area contributed by atoms with Gasteiger partial charge in [-0.1, -0.05) is 41.5 Å². The molecular formula is C22H41NO6Si2. The van der Waals surface area contributed by atoms with Gasteiger partial charge in [0.15, 0.2) is 34.3 Å². The Kier molecular flexibility index (Phi) is 6.25. The number of carbonyl (C=O) groups is 2. The number of fused-ring (bicyclic) bond motifs is 4. The Labute approximate surface area is 189 Å². The lowest BCUT2D eigenvalue weighted by atomic mass is 9.79. The van der Waals surface area contributed by atoms with Crippen molar-refractivity contribution in [3.05, 3.63) is 0 Å². The Morgan fingerprint density at radius 2 is 1.55 bits per heavy atom. The van der Waals surface area contributed by atoms with E-state index in [2.05, 4.69) is 73.0 Å². The molecule has 3 aliphatic heterocycles. The van der Waals surface area contributed by atoms with Crippen LogP contribution in [0.3, 0.4) is 0 Å². The van der Waals surface area contributed by atoms with Crippen LogP contribution in [0.1, 0.15) is 54.4 Å². The molecule has 0 saturated carbocycles. The molecule has 3 aliphatic rings. The summed E-state index contributed by atoms with van der Waals surface area (Å²) in [5.74, 6) is -0.234. The van der Waals surface area contributed by atoms with Gasteiger partial charge in [-0.25, -0.2) is 0 Å². The maximum Gasteiger partial charge on any atom is 0.220 e. The van der Waals surface area contributed by atoms with E-state index in [1.807, 2.05) is 0 Å². The van der Waals surface area contributed by atoms with Crippen molar-refractivity contribution in [1.82, 2.24) is 5.32 Å². The van der Waals surface area contributed by atoms with E-state index in [9.17, 15) is 9.59 Å². The van der Waals surface area contributed by atoms with E-state index >= 15 is 0 Å². The summed E-state index contributed by atoms with van der Waals surface area (Å²) in [5, 5.41) is 2.96. The van der Waals surface area contributed by atoms with Gasteiger partial charge in [0, 0.05) is 12.8 Å². The number of nitrogens with one attached hydrogen (secondary N) is 1. The van der Waals surface area contributed by atoms with Gasteiger partial charge in [0.1, 0.15) is 12.2 Å². The van der Waals surface area contributed by atoms with Crippen LogP contribution in [0.5, 0.6) is 0 Å². The van der Waals surface area contributed by atoms with Gasteiger partial charge < -0.3 is 23.6 Å². The largest absolute Gasteiger partial charge is 0.406 e. The number of ketones is 1. The number of ether oxygens (including phenoxy) is 2. The molecule has 0 spiro atoms. The monoisotopic (exact) mass is 471 g/mol. The number of hydrogen-bond acceptors (Lipinski definition) is 6. The minimum Gasteiger partial charge on any atom is -0.406 e. The van der Waals surface area contributed by atoms with Crippen LogP contribution in [0, 0.1) is 0 Å². The number of rotatable bonds is 4. The molecule has 0 aromatic rings. The lowest BCUT2D eigenvalue weighted by Gasteiger charge is -2.54. The molecule has 2 bridgehead atoms. The molecule has 3 heterocycles. The van der Waals surface area contributed by atoms with Crippen LogP contribution < -0.4 is 5.32 Å². The van der Waals surface area contributed by atoms with Crippen molar-refractivity contribution < 1.29 is 27.9 Å². The molecule has 3 fully saturated rings. The molecule has 3 rings (SSSR count). The molecule has 5 unspecified atom stereocenters. The third-order valence-electron chi connectivity index (χ3n) is 8.05. The van der Waals surface area contributed by atoms with Crippen molar-refractivity contribution in [3.8, 4) is 0 Å². The molecule has 31 heavy (non-hydrogen) atoms. The maximum absolute atomic E-state index is 13.7. The van der Waals surface area contributed by atoms with Gasteiger partial charge in [-0.15, -0.1) is 0 Å². The van der Waals surface area contributed by atoms with E-state index in [0.29, 0.717) is 0 Å². The highest BCUT2D eigenvalue weighted by molar-refractivity contribution is 6.74. The number of carbonyl (C=O) groups excluding carboxylic acids is 2. The van der Waals surface area contributed by atoms with E-state index in [-0.39, 0.29) is 41.2 Å². The summed E-state index contributed by atoms with van der Waals surface area (Å²) in [7, 11) is -4.68. The Morgan fingerprint density at radius 3 is 2.10 bits per heavy atom.